The van der Waals surface area contributed by atoms with E-state index in [9.17, 15) is 4.79 Å². The van der Waals surface area contributed by atoms with E-state index in [2.05, 4.69) is 20.9 Å². The van der Waals surface area contributed by atoms with Crippen LogP contribution in [0, 0.1) is 0 Å². The van der Waals surface area contributed by atoms with Crippen LogP contribution in [0.4, 0.5) is 5.82 Å². The van der Waals surface area contributed by atoms with Crippen LogP contribution in [-0.4, -0.2) is 62.9 Å². The first-order valence-corrected chi connectivity index (χ1v) is 9.46. The van der Waals surface area contributed by atoms with E-state index in [4.69, 9.17) is 14.2 Å². The van der Waals surface area contributed by atoms with E-state index < -0.39 is 0 Å². The third-order valence-electron chi connectivity index (χ3n) is 4.81. The summed E-state index contributed by atoms with van der Waals surface area (Å²) in [5, 5.41) is 0. The van der Waals surface area contributed by atoms with Crippen molar-refractivity contribution in [1.82, 2.24) is 9.88 Å². The zero-order valence-corrected chi connectivity index (χ0v) is 16.7. The fourth-order valence-corrected chi connectivity index (χ4v) is 3.28. The molecule has 1 saturated heterocycles. The average molecular weight is 385 g/mol. The number of methoxy groups -OCH3 is 2. The molecule has 2 heterocycles. The van der Waals surface area contributed by atoms with Gasteiger partial charge in [0.05, 0.1) is 26.4 Å². The number of carbonyl (C=O) groups is 1. The van der Waals surface area contributed by atoms with Crippen LogP contribution in [0.25, 0.3) is 0 Å². The third kappa shape index (κ3) is 4.72. The van der Waals surface area contributed by atoms with Gasteiger partial charge in [-0.1, -0.05) is 6.07 Å². The molecule has 1 aliphatic rings. The van der Waals surface area contributed by atoms with Crippen molar-refractivity contribution in [2.24, 2.45) is 0 Å². The molecule has 0 radical (unpaired) electrons. The smallest absolute Gasteiger partial charge is 0.339 e. The van der Waals surface area contributed by atoms with Crippen LogP contribution >= 0.6 is 0 Å². The lowest BCUT2D eigenvalue weighted by Crippen LogP contribution is -2.46. The summed E-state index contributed by atoms with van der Waals surface area (Å²) in [7, 11) is 3.30. The first-order chi connectivity index (χ1) is 13.6. The number of esters is 1. The molecule has 0 unspecified atom stereocenters. The van der Waals surface area contributed by atoms with Gasteiger partial charge in [0, 0.05) is 38.9 Å². The molecule has 1 aromatic carbocycles. The summed E-state index contributed by atoms with van der Waals surface area (Å²) in [5.74, 6) is 2.05. The van der Waals surface area contributed by atoms with Gasteiger partial charge in [-0.15, -0.1) is 0 Å². The van der Waals surface area contributed by atoms with Crippen LogP contribution in [-0.2, 0) is 11.3 Å². The summed E-state index contributed by atoms with van der Waals surface area (Å²) < 4.78 is 15.7. The molecule has 0 N–H and O–H groups in total. The van der Waals surface area contributed by atoms with Crippen molar-refractivity contribution in [1.29, 1.82) is 0 Å². The van der Waals surface area contributed by atoms with E-state index in [1.807, 2.05) is 18.2 Å². The maximum atomic E-state index is 11.7. The van der Waals surface area contributed by atoms with E-state index in [1.54, 1.807) is 33.4 Å². The second kappa shape index (κ2) is 9.41. The monoisotopic (exact) mass is 385 g/mol. The fourth-order valence-electron chi connectivity index (χ4n) is 3.28. The minimum absolute atomic E-state index is 0.332. The van der Waals surface area contributed by atoms with Gasteiger partial charge in [0.2, 0.25) is 0 Å². The summed E-state index contributed by atoms with van der Waals surface area (Å²) in [5.41, 5.74) is 1.68. The van der Waals surface area contributed by atoms with Crippen LogP contribution in [0.5, 0.6) is 11.5 Å². The first-order valence-electron chi connectivity index (χ1n) is 9.46. The molecule has 7 heteroatoms. The van der Waals surface area contributed by atoms with Crippen LogP contribution in [0.15, 0.2) is 36.5 Å². The maximum absolute atomic E-state index is 11.7. The highest BCUT2D eigenvalue weighted by Gasteiger charge is 2.19. The number of piperazine rings is 1. The highest BCUT2D eigenvalue weighted by atomic mass is 16.5. The van der Waals surface area contributed by atoms with Gasteiger partial charge in [-0.3, -0.25) is 4.90 Å². The molecule has 0 bridgehead atoms. The summed E-state index contributed by atoms with van der Waals surface area (Å²) >= 11 is 0. The molecular weight excluding hydrogens is 358 g/mol. The topological polar surface area (TPSA) is 64.1 Å². The largest absolute Gasteiger partial charge is 0.493 e. The summed E-state index contributed by atoms with van der Waals surface area (Å²) in [6, 6.07) is 9.70. The van der Waals surface area contributed by atoms with Crippen molar-refractivity contribution in [3.8, 4) is 11.5 Å². The Bertz CT molecular complexity index is 787. The fraction of sp³-hybridized carbons (Fsp3) is 0.429. The van der Waals surface area contributed by atoms with Gasteiger partial charge in [-0.2, -0.15) is 0 Å². The Balaban J connectivity index is 1.55. The van der Waals surface area contributed by atoms with Crippen molar-refractivity contribution in [3.05, 3.63) is 47.7 Å². The number of carbonyl (C=O) groups excluding carboxylic acids is 1. The van der Waals surface area contributed by atoms with Gasteiger partial charge < -0.3 is 19.1 Å². The molecule has 0 saturated carbocycles. The van der Waals surface area contributed by atoms with Gasteiger partial charge in [-0.25, -0.2) is 9.78 Å². The number of aromatic nitrogens is 1. The van der Waals surface area contributed by atoms with Crippen LogP contribution in [0.2, 0.25) is 0 Å². The second-order valence-electron chi connectivity index (χ2n) is 6.58. The van der Waals surface area contributed by atoms with Crippen LogP contribution in [0.3, 0.4) is 0 Å². The number of anilines is 1. The molecule has 0 spiro atoms. The first kappa shape index (κ1) is 19.9. The second-order valence-corrected chi connectivity index (χ2v) is 6.58. The Morgan fingerprint density at radius 2 is 1.79 bits per heavy atom. The Hall–Kier alpha value is -2.80. The molecule has 0 atom stereocenters. The SMILES string of the molecule is CCOC(=O)c1ccc(N2CCN(Cc3ccc(OC)c(OC)c3)CC2)nc1. The zero-order chi connectivity index (χ0) is 19.9. The van der Waals surface area contributed by atoms with Gasteiger partial charge in [0.1, 0.15) is 5.82 Å². The van der Waals surface area contributed by atoms with Crippen LogP contribution in [0.1, 0.15) is 22.8 Å². The predicted molar refractivity (Wildman–Crippen MR) is 107 cm³/mol. The van der Waals surface area contributed by atoms with Crippen LogP contribution < -0.4 is 14.4 Å². The molecule has 1 aliphatic heterocycles. The molecule has 150 valence electrons. The lowest BCUT2D eigenvalue weighted by atomic mass is 10.1. The Labute approximate surface area is 165 Å². The molecule has 1 aromatic heterocycles. The van der Waals surface area contributed by atoms with Gasteiger partial charge in [-0.05, 0) is 36.8 Å². The molecule has 0 aliphatic carbocycles. The van der Waals surface area contributed by atoms with E-state index in [0.29, 0.717) is 12.2 Å². The lowest BCUT2D eigenvalue weighted by Gasteiger charge is -2.35. The molecular formula is C21H27N3O4. The van der Waals surface area contributed by atoms with E-state index in [0.717, 1.165) is 50.0 Å². The Kier molecular flexibility index (Phi) is 6.71. The predicted octanol–water partition coefficient (Wildman–Crippen LogP) is 2.60. The van der Waals surface area contributed by atoms with Gasteiger partial charge >= 0.3 is 5.97 Å². The normalized spacial score (nSPS) is 14.6. The number of pyridine rings is 1. The maximum Gasteiger partial charge on any atom is 0.339 e. The lowest BCUT2D eigenvalue weighted by molar-refractivity contribution is 0.0526. The molecule has 2 aromatic rings. The minimum atomic E-state index is -0.332. The summed E-state index contributed by atoms with van der Waals surface area (Å²) in [6.45, 7) is 6.68. The quantitative estimate of drug-likeness (QED) is 0.679. The number of rotatable bonds is 7. The minimum Gasteiger partial charge on any atom is -0.493 e. The average Bonchev–Trinajstić information content (AvgIpc) is 2.74. The van der Waals surface area contributed by atoms with Crippen molar-refractivity contribution < 1.29 is 19.0 Å². The highest BCUT2D eigenvalue weighted by Crippen LogP contribution is 2.28. The molecule has 0 amide bonds. The number of nitrogens with zero attached hydrogens (tertiary/aromatic N) is 3. The van der Waals surface area contributed by atoms with E-state index in [-0.39, 0.29) is 5.97 Å². The number of hydrogen-bond acceptors (Lipinski definition) is 7. The Morgan fingerprint density at radius 1 is 1.04 bits per heavy atom. The van der Waals surface area contributed by atoms with Crippen molar-refractivity contribution in [2.75, 3.05) is 51.9 Å². The van der Waals surface area contributed by atoms with E-state index >= 15 is 0 Å². The molecule has 3 rings (SSSR count). The number of hydrogen-bond donors (Lipinski definition) is 0. The summed E-state index contributed by atoms with van der Waals surface area (Å²) in [6.07, 6.45) is 1.59. The highest BCUT2D eigenvalue weighted by molar-refractivity contribution is 5.89. The zero-order valence-electron chi connectivity index (χ0n) is 16.7. The van der Waals surface area contributed by atoms with Gasteiger partial charge in [0.15, 0.2) is 11.5 Å². The molecule has 28 heavy (non-hydrogen) atoms. The standard InChI is InChI=1S/C21H27N3O4/c1-4-28-21(25)17-6-8-20(22-14-17)24-11-9-23(10-12-24)15-16-5-7-18(26-2)19(13-16)27-3/h5-8,13-14H,4,9-12,15H2,1-3H3. The third-order valence-corrected chi connectivity index (χ3v) is 4.81. The number of benzene rings is 1. The van der Waals surface area contributed by atoms with E-state index in [1.165, 1.54) is 5.56 Å². The molecule has 7 nitrogen and oxygen atoms in total. The Morgan fingerprint density at radius 3 is 2.39 bits per heavy atom. The van der Waals surface area contributed by atoms with Crippen molar-refractivity contribution in [2.45, 2.75) is 13.5 Å². The molecule has 1 fully saturated rings. The summed E-state index contributed by atoms with van der Waals surface area (Å²) in [4.78, 5) is 20.8. The van der Waals surface area contributed by atoms with Crippen molar-refractivity contribution in [3.63, 3.8) is 0 Å². The van der Waals surface area contributed by atoms with Crippen molar-refractivity contribution >= 4 is 11.8 Å². The number of ether oxygens (including phenoxy) is 3. The van der Waals surface area contributed by atoms with Gasteiger partial charge in [0.25, 0.3) is 0 Å².